The van der Waals surface area contributed by atoms with Crippen molar-refractivity contribution in [1.82, 2.24) is 20.4 Å². The van der Waals surface area contributed by atoms with Crippen molar-refractivity contribution in [2.24, 2.45) is 12.9 Å². The Labute approximate surface area is 106 Å². The van der Waals surface area contributed by atoms with Gasteiger partial charge in [-0.2, -0.15) is 0 Å². The third-order valence-corrected chi connectivity index (χ3v) is 4.81. The van der Waals surface area contributed by atoms with E-state index >= 15 is 0 Å². The van der Waals surface area contributed by atoms with Gasteiger partial charge in [0.05, 0.1) is 17.9 Å². The molecule has 3 aromatic heterocycles. The van der Waals surface area contributed by atoms with E-state index in [1.807, 2.05) is 7.05 Å². The minimum absolute atomic E-state index is 0.0559. The number of hydrazine groups is 1. The highest BCUT2D eigenvalue weighted by atomic mass is 32.1. The summed E-state index contributed by atoms with van der Waals surface area (Å²) in [6.07, 6.45) is 1.73. The van der Waals surface area contributed by atoms with E-state index in [1.165, 1.54) is 14.3 Å². The molecular weight excluding hydrogens is 254 g/mol. The Hall–Kier alpha value is -1.28. The second-order valence-electron chi connectivity index (χ2n) is 3.68. The van der Waals surface area contributed by atoms with Crippen LogP contribution in [0.4, 0.5) is 0 Å². The van der Waals surface area contributed by atoms with Crippen LogP contribution in [0.15, 0.2) is 23.7 Å². The lowest BCUT2D eigenvalue weighted by atomic mass is 10.2. The molecule has 1 unspecified atom stereocenters. The molecule has 0 saturated carbocycles. The minimum atomic E-state index is -0.0559. The minimum Gasteiger partial charge on any atom is -0.270 e. The van der Waals surface area contributed by atoms with E-state index in [9.17, 15) is 0 Å². The van der Waals surface area contributed by atoms with Crippen molar-refractivity contribution in [3.63, 3.8) is 0 Å². The van der Waals surface area contributed by atoms with Crippen LogP contribution < -0.4 is 11.3 Å². The summed E-state index contributed by atoms with van der Waals surface area (Å²) in [6, 6.07) is 4.24. The van der Waals surface area contributed by atoms with Crippen molar-refractivity contribution in [2.45, 2.75) is 6.04 Å². The maximum Gasteiger partial charge on any atom is 0.0986 e. The van der Waals surface area contributed by atoms with Crippen molar-refractivity contribution in [3.05, 3.63) is 34.3 Å². The second-order valence-corrected chi connectivity index (χ2v) is 5.74. The van der Waals surface area contributed by atoms with E-state index < -0.39 is 0 Å². The van der Waals surface area contributed by atoms with Crippen molar-refractivity contribution >= 4 is 32.1 Å². The summed E-state index contributed by atoms with van der Waals surface area (Å²) in [5.74, 6) is 5.65. The van der Waals surface area contributed by atoms with Crippen LogP contribution in [0, 0.1) is 0 Å². The summed E-state index contributed by atoms with van der Waals surface area (Å²) in [5.41, 5.74) is 3.79. The van der Waals surface area contributed by atoms with Crippen LogP contribution >= 0.6 is 22.7 Å². The predicted molar refractivity (Wildman–Crippen MR) is 69.9 cm³/mol. The maximum atomic E-state index is 5.65. The van der Waals surface area contributed by atoms with E-state index in [-0.39, 0.29) is 6.04 Å². The van der Waals surface area contributed by atoms with Crippen LogP contribution in [0.2, 0.25) is 0 Å². The predicted octanol–water partition coefficient (Wildman–Crippen LogP) is 1.64. The van der Waals surface area contributed by atoms with E-state index in [1.54, 1.807) is 33.6 Å². The van der Waals surface area contributed by atoms with Gasteiger partial charge < -0.3 is 0 Å². The average molecular weight is 265 g/mol. The molecular formula is C10H11N5S2. The number of rotatable bonds is 3. The third-order valence-electron chi connectivity index (χ3n) is 2.65. The number of fused-ring (bicyclic) bond motifs is 1. The smallest absolute Gasteiger partial charge is 0.0986 e. The number of hydrogen-bond donors (Lipinski definition) is 2. The average Bonchev–Trinajstić information content (AvgIpc) is 2.96. The number of nitrogens with two attached hydrogens (primary N) is 1. The monoisotopic (exact) mass is 265 g/mol. The largest absolute Gasteiger partial charge is 0.270 e. The topological polar surface area (TPSA) is 68.8 Å². The molecule has 17 heavy (non-hydrogen) atoms. The number of thiophene rings is 2. The van der Waals surface area contributed by atoms with Crippen molar-refractivity contribution in [3.8, 4) is 0 Å². The van der Waals surface area contributed by atoms with Gasteiger partial charge in [0, 0.05) is 21.3 Å². The highest BCUT2D eigenvalue weighted by molar-refractivity contribution is 7.27. The summed E-state index contributed by atoms with van der Waals surface area (Å²) >= 11 is 3.48. The molecule has 0 fully saturated rings. The normalized spacial score (nSPS) is 13.3. The van der Waals surface area contributed by atoms with Crippen LogP contribution in [0.1, 0.15) is 16.6 Å². The summed E-state index contributed by atoms with van der Waals surface area (Å²) in [4.78, 5) is 1.18. The number of nitrogens with zero attached hydrogens (tertiary/aromatic N) is 3. The third kappa shape index (κ3) is 1.77. The number of aryl methyl sites for hydroxylation is 1. The fraction of sp³-hybridized carbons (Fsp3) is 0.200. The van der Waals surface area contributed by atoms with Gasteiger partial charge in [0.1, 0.15) is 0 Å². The lowest BCUT2D eigenvalue weighted by molar-refractivity contribution is 0.577. The quantitative estimate of drug-likeness (QED) is 0.558. The SMILES string of the molecule is Cn1nncc1C(NN)c1cc2sccc2s1. The van der Waals surface area contributed by atoms with Crippen LogP contribution in [-0.4, -0.2) is 15.0 Å². The molecule has 0 radical (unpaired) electrons. The highest BCUT2D eigenvalue weighted by Gasteiger charge is 2.19. The molecule has 0 aliphatic heterocycles. The second kappa shape index (κ2) is 4.19. The van der Waals surface area contributed by atoms with Gasteiger partial charge in [-0.05, 0) is 17.5 Å². The molecule has 1 atom stereocenters. The summed E-state index contributed by atoms with van der Waals surface area (Å²) in [6.45, 7) is 0. The van der Waals surface area contributed by atoms with E-state index in [4.69, 9.17) is 5.84 Å². The van der Waals surface area contributed by atoms with Crippen molar-refractivity contribution in [2.75, 3.05) is 0 Å². The summed E-state index contributed by atoms with van der Waals surface area (Å²) < 4.78 is 4.32. The fourth-order valence-electron chi connectivity index (χ4n) is 1.80. The Morgan fingerprint density at radius 3 is 3.00 bits per heavy atom. The molecule has 5 nitrogen and oxygen atoms in total. The first-order valence-electron chi connectivity index (χ1n) is 5.07. The zero-order valence-corrected chi connectivity index (χ0v) is 10.8. The van der Waals surface area contributed by atoms with Gasteiger partial charge >= 0.3 is 0 Å². The van der Waals surface area contributed by atoms with Crippen LogP contribution in [0.3, 0.4) is 0 Å². The Morgan fingerprint density at radius 2 is 2.35 bits per heavy atom. The number of aromatic nitrogens is 3. The molecule has 0 aliphatic carbocycles. The first-order chi connectivity index (χ1) is 8.29. The zero-order chi connectivity index (χ0) is 11.8. The fourth-order valence-corrected chi connectivity index (χ4v) is 3.99. The lowest BCUT2D eigenvalue weighted by Crippen LogP contribution is -2.29. The molecule has 3 heterocycles. The molecule has 3 aromatic rings. The molecule has 0 saturated heterocycles. The first kappa shape index (κ1) is 10.8. The number of nitrogens with one attached hydrogen (secondary N) is 1. The molecule has 0 aliphatic rings. The zero-order valence-electron chi connectivity index (χ0n) is 9.12. The van der Waals surface area contributed by atoms with Gasteiger partial charge in [-0.3, -0.25) is 10.5 Å². The Bertz CT molecular complexity index is 609. The summed E-state index contributed by atoms with van der Waals surface area (Å²) in [7, 11) is 1.86. The van der Waals surface area contributed by atoms with Gasteiger partial charge in [-0.1, -0.05) is 5.21 Å². The first-order valence-corrected chi connectivity index (χ1v) is 6.77. The van der Waals surface area contributed by atoms with Gasteiger partial charge in [0.15, 0.2) is 0 Å². The number of hydrogen-bond acceptors (Lipinski definition) is 6. The van der Waals surface area contributed by atoms with Crippen LogP contribution in [-0.2, 0) is 7.05 Å². The highest BCUT2D eigenvalue weighted by Crippen LogP contribution is 2.35. The standard InChI is InChI=1S/C10H11N5S2/c1-15-6(5-12-14-15)10(13-11)9-4-8-7(17-9)2-3-16-8/h2-5,10,13H,11H2,1H3. The molecule has 7 heteroatoms. The maximum absolute atomic E-state index is 5.65. The van der Waals surface area contributed by atoms with Crippen molar-refractivity contribution in [1.29, 1.82) is 0 Å². The van der Waals surface area contributed by atoms with E-state index in [0.717, 1.165) is 5.69 Å². The van der Waals surface area contributed by atoms with Gasteiger partial charge in [-0.25, -0.2) is 5.43 Å². The molecule has 88 valence electrons. The van der Waals surface area contributed by atoms with E-state index in [2.05, 4.69) is 33.3 Å². The lowest BCUT2D eigenvalue weighted by Gasteiger charge is -2.13. The Balaban J connectivity index is 2.06. The van der Waals surface area contributed by atoms with Gasteiger partial charge in [0.25, 0.3) is 0 Å². The molecule has 0 amide bonds. The Morgan fingerprint density at radius 1 is 1.47 bits per heavy atom. The summed E-state index contributed by atoms with van der Waals surface area (Å²) in [5, 5.41) is 9.91. The van der Waals surface area contributed by atoms with Crippen LogP contribution in [0.5, 0.6) is 0 Å². The van der Waals surface area contributed by atoms with Gasteiger partial charge in [0.2, 0.25) is 0 Å². The van der Waals surface area contributed by atoms with Gasteiger partial charge in [-0.15, -0.1) is 27.8 Å². The van der Waals surface area contributed by atoms with E-state index in [0.29, 0.717) is 0 Å². The molecule has 0 bridgehead atoms. The Kier molecular flexibility index (Phi) is 2.67. The molecule has 3 rings (SSSR count). The van der Waals surface area contributed by atoms with Crippen molar-refractivity contribution < 1.29 is 0 Å². The molecule has 0 spiro atoms. The molecule has 0 aromatic carbocycles. The van der Waals surface area contributed by atoms with Crippen LogP contribution in [0.25, 0.3) is 9.40 Å². The molecule has 3 N–H and O–H groups in total.